The van der Waals surface area contributed by atoms with Crippen molar-refractivity contribution in [2.24, 2.45) is 5.73 Å². The van der Waals surface area contributed by atoms with Crippen LogP contribution in [0.1, 0.15) is 18.5 Å². The fourth-order valence-corrected chi connectivity index (χ4v) is 1.63. The molecule has 0 spiro atoms. The Morgan fingerprint density at radius 1 is 1.47 bits per heavy atom. The maximum atomic E-state index is 13.0. The second kappa shape index (κ2) is 7.37. The molecule has 0 saturated heterocycles. The van der Waals surface area contributed by atoms with Crippen molar-refractivity contribution in [1.82, 2.24) is 4.90 Å². The first-order valence-electron chi connectivity index (χ1n) is 5.90. The molecule has 0 heterocycles. The molecule has 0 aliphatic carbocycles. The average Bonchev–Trinajstić information content (AvgIpc) is 2.29. The lowest BCUT2D eigenvalue weighted by Gasteiger charge is -2.21. The summed E-state index contributed by atoms with van der Waals surface area (Å²) in [7, 11) is 1.98. The molecule has 0 radical (unpaired) electrons. The summed E-state index contributed by atoms with van der Waals surface area (Å²) in [6, 6.07) is 6.28. The second-order valence-corrected chi connectivity index (χ2v) is 4.12. The Kier molecular flexibility index (Phi) is 6.11. The quantitative estimate of drug-likeness (QED) is 0.738. The molecule has 3 nitrogen and oxygen atoms in total. The van der Waals surface area contributed by atoms with Gasteiger partial charge in [-0.1, -0.05) is 12.1 Å². The van der Waals surface area contributed by atoms with Crippen molar-refractivity contribution in [3.05, 3.63) is 35.6 Å². The van der Waals surface area contributed by atoms with Crippen LogP contribution in [-0.4, -0.2) is 38.3 Å². The standard InChI is InChI=1S/C13H21FN2O/c1-3-17-8-7-16(2)10-13(15)11-5-4-6-12(14)9-11/h4-6,9,13H,3,7-8,10,15H2,1-2H3. The number of halogens is 1. The van der Waals surface area contributed by atoms with Gasteiger partial charge in [-0.2, -0.15) is 0 Å². The highest BCUT2D eigenvalue weighted by Gasteiger charge is 2.09. The predicted molar refractivity (Wildman–Crippen MR) is 67.3 cm³/mol. The summed E-state index contributed by atoms with van der Waals surface area (Å²) in [5.41, 5.74) is 6.85. The van der Waals surface area contributed by atoms with Crippen molar-refractivity contribution in [1.29, 1.82) is 0 Å². The monoisotopic (exact) mass is 240 g/mol. The zero-order chi connectivity index (χ0) is 12.7. The minimum atomic E-state index is -0.241. The zero-order valence-corrected chi connectivity index (χ0v) is 10.5. The van der Waals surface area contributed by atoms with Crippen LogP contribution in [0.4, 0.5) is 4.39 Å². The highest BCUT2D eigenvalue weighted by Crippen LogP contribution is 2.12. The van der Waals surface area contributed by atoms with Crippen LogP contribution in [0.2, 0.25) is 0 Å². The smallest absolute Gasteiger partial charge is 0.123 e. The number of nitrogens with zero attached hydrogens (tertiary/aromatic N) is 1. The third-order valence-electron chi connectivity index (χ3n) is 2.61. The molecule has 0 fully saturated rings. The van der Waals surface area contributed by atoms with Gasteiger partial charge in [0.15, 0.2) is 0 Å². The third-order valence-corrected chi connectivity index (χ3v) is 2.61. The molecule has 1 aromatic carbocycles. The maximum Gasteiger partial charge on any atom is 0.123 e. The normalized spacial score (nSPS) is 13.0. The van der Waals surface area contributed by atoms with Crippen LogP contribution in [0.15, 0.2) is 24.3 Å². The van der Waals surface area contributed by atoms with Gasteiger partial charge in [-0.25, -0.2) is 4.39 Å². The lowest BCUT2D eigenvalue weighted by atomic mass is 10.1. The molecule has 1 aromatic rings. The Morgan fingerprint density at radius 2 is 2.24 bits per heavy atom. The van der Waals surface area contributed by atoms with E-state index in [2.05, 4.69) is 4.90 Å². The van der Waals surface area contributed by atoms with Gasteiger partial charge in [0, 0.05) is 25.7 Å². The van der Waals surface area contributed by atoms with Crippen LogP contribution in [0.25, 0.3) is 0 Å². The van der Waals surface area contributed by atoms with Gasteiger partial charge in [-0.15, -0.1) is 0 Å². The molecule has 1 atom stereocenters. The van der Waals surface area contributed by atoms with Gasteiger partial charge in [0.2, 0.25) is 0 Å². The molecule has 1 unspecified atom stereocenters. The molecule has 0 aromatic heterocycles. The number of likely N-dealkylation sites (N-methyl/N-ethyl adjacent to an activating group) is 1. The largest absolute Gasteiger partial charge is 0.380 e. The van der Waals surface area contributed by atoms with Crippen molar-refractivity contribution in [2.45, 2.75) is 13.0 Å². The maximum absolute atomic E-state index is 13.0. The minimum absolute atomic E-state index is 0.169. The van der Waals surface area contributed by atoms with E-state index in [1.807, 2.05) is 20.0 Å². The van der Waals surface area contributed by atoms with E-state index in [4.69, 9.17) is 10.5 Å². The molecule has 17 heavy (non-hydrogen) atoms. The molecule has 2 N–H and O–H groups in total. The number of benzene rings is 1. The first kappa shape index (κ1) is 14.1. The first-order chi connectivity index (χ1) is 8.13. The summed E-state index contributed by atoms with van der Waals surface area (Å²) in [6.07, 6.45) is 0. The molecular weight excluding hydrogens is 219 g/mol. The molecule has 1 rings (SSSR count). The van der Waals surface area contributed by atoms with Crippen LogP contribution >= 0.6 is 0 Å². The summed E-state index contributed by atoms with van der Waals surface area (Å²) < 4.78 is 18.3. The van der Waals surface area contributed by atoms with Gasteiger partial charge in [0.25, 0.3) is 0 Å². The topological polar surface area (TPSA) is 38.5 Å². The summed E-state index contributed by atoms with van der Waals surface area (Å²) in [5, 5.41) is 0. The van der Waals surface area contributed by atoms with E-state index in [-0.39, 0.29) is 11.9 Å². The van der Waals surface area contributed by atoms with Gasteiger partial charge < -0.3 is 15.4 Å². The van der Waals surface area contributed by atoms with Crippen LogP contribution in [0.5, 0.6) is 0 Å². The van der Waals surface area contributed by atoms with Crippen molar-refractivity contribution in [2.75, 3.05) is 33.4 Å². The Morgan fingerprint density at radius 3 is 2.88 bits per heavy atom. The number of hydrogen-bond acceptors (Lipinski definition) is 3. The van der Waals surface area contributed by atoms with Crippen molar-refractivity contribution >= 4 is 0 Å². The fourth-order valence-electron chi connectivity index (χ4n) is 1.63. The van der Waals surface area contributed by atoms with Crippen molar-refractivity contribution < 1.29 is 9.13 Å². The lowest BCUT2D eigenvalue weighted by molar-refractivity contribution is 0.120. The number of rotatable bonds is 7. The SMILES string of the molecule is CCOCCN(C)CC(N)c1cccc(F)c1. The van der Waals surface area contributed by atoms with E-state index < -0.39 is 0 Å². The van der Waals surface area contributed by atoms with Gasteiger partial charge in [-0.05, 0) is 31.7 Å². The van der Waals surface area contributed by atoms with E-state index in [0.717, 1.165) is 18.7 Å². The fraction of sp³-hybridized carbons (Fsp3) is 0.538. The molecule has 0 aliphatic rings. The summed E-state index contributed by atoms with van der Waals surface area (Å²) in [5.74, 6) is -0.241. The van der Waals surface area contributed by atoms with Gasteiger partial charge in [-0.3, -0.25) is 0 Å². The van der Waals surface area contributed by atoms with Gasteiger partial charge in [0.05, 0.1) is 6.61 Å². The summed E-state index contributed by atoms with van der Waals surface area (Å²) in [6.45, 7) is 4.92. The Bertz CT molecular complexity index is 333. The van der Waals surface area contributed by atoms with Gasteiger partial charge in [0.1, 0.15) is 5.82 Å². The number of nitrogens with two attached hydrogens (primary N) is 1. The van der Waals surface area contributed by atoms with Crippen LogP contribution < -0.4 is 5.73 Å². The lowest BCUT2D eigenvalue weighted by Crippen LogP contribution is -2.31. The molecule has 4 heteroatoms. The molecule has 0 saturated carbocycles. The Balaban J connectivity index is 2.40. The van der Waals surface area contributed by atoms with Crippen molar-refractivity contribution in [3.8, 4) is 0 Å². The Hall–Kier alpha value is -0.970. The minimum Gasteiger partial charge on any atom is -0.380 e. The second-order valence-electron chi connectivity index (χ2n) is 4.12. The van der Waals surface area contributed by atoms with E-state index in [0.29, 0.717) is 13.2 Å². The van der Waals surface area contributed by atoms with E-state index in [9.17, 15) is 4.39 Å². The molecule has 0 bridgehead atoms. The molecular formula is C13H21FN2O. The predicted octanol–water partition coefficient (Wildman–Crippen LogP) is 1.79. The third kappa shape index (κ3) is 5.26. The highest BCUT2D eigenvalue weighted by molar-refractivity contribution is 5.20. The molecule has 0 amide bonds. The summed E-state index contributed by atoms with van der Waals surface area (Å²) >= 11 is 0. The molecule has 96 valence electrons. The van der Waals surface area contributed by atoms with Gasteiger partial charge >= 0.3 is 0 Å². The van der Waals surface area contributed by atoms with Crippen LogP contribution in [-0.2, 0) is 4.74 Å². The summed E-state index contributed by atoms with van der Waals surface area (Å²) in [4.78, 5) is 2.09. The highest BCUT2D eigenvalue weighted by atomic mass is 19.1. The van der Waals surface area contributed by atoms with Crippen LogP contribution in [0, 0.1) is 5.82 Å². The first-order valence-corrected chi connectivity index (χ1v) is 5.90. The van der Waals surface area contributed by atoms with E-state index in [1.165, 1.54) is 12.1 Å². The van der Waals surface area contributed by atoms with E-state index in [1.54, 1.807) is 6.07 Å². The number of ether oxygens (including phenoxy) is 1. The van der Waals surface area contributed by atoms with Crippen LogP contribution in [0.3, 0.4) is 0 Å². The zero-order valence-electron chi connectivity index (χ0n) is 10.5. The van der Waals surface area contributed by atoms with E-state index >= 15 is 0 Å². The Labute approximate surface area is 102 Å². The average molecular weight is 240 g/mol. The number of hydrogen-bond donors (Lipinski definition) is 1. The van der Waals surface area contributed by atoms with Crippen molar-refractivity contribution in [3.63, 3.8) is 0 Å². The molecule has 0 aliphatic heterocycles.